The highest BCUT2D eigenvalue weighted by molar-refractivity contribution is 6.10. The highest BCUT2D eigenvalue weighted by Gasteiger charge is 2.54. The summed E-state index contributed by atoms with van der Waals surface area (Å²) in [4.78, 5) is 0. The fourth-order valence-corrected chi connectivity index (χ4v) is 3.69. The summed E-state index contributed by atoms with van der Waals surface area (Å²) in [5.41, 5.74) is 1.84. The van der Waals surface area contributed by atoms with E-state index in [4.69, 9.17) is 4.74 Å². The van der Waals surface area contributed by atoms with Crippen LogP contribution in [0.4, 0.5) is 0 Å². The standard InChI is InChI=1S/C18H14O3/c19-15-12-8-7-10-6-5-9-3-1-2-4-11(9)13(10)14(12)17-18(21-17)16(15)20/h1-8,15-20H/t15?,16-,17?,18-/m1/s1. The molecule has 4 atom stereocenters. The summed E-state index contributed by atoms with van der Waals surface area (Å²) < 4.78 is 5.63. The van der Waals surface area contributed by atoms with E-state index in [1.165, 1.54) is 10.8 Å². The SMILES string of the molecule is OC1c2ccc3ccc4ccccc4c3c2C2O[C@@H]2[C@@H]1O. The van der Waals surface area contributed by atoms with Crippen molar-refractivity contribution in [2.45, 2.75) is 24.4 Å². The van der Waals surface area contributed by atoms with Crippen molar-refractivity contribution in [2.24, 2.45) is 0 Å². The second-order valence-corrected chi connectivity index (χ2v) is 5.91. The van der Waals surface area contributed by atoms with E-state index < -0.39 is 12.2 Å². The quantitative estimate of drug-likeness (QED) is 0.491. The summed E-state index contributed by atoms with van der Waals surface area (Å²) >= 11 is 0. The largest absolute Gasteiger partial charge is 0.387 e. The molecule has 1 heterocycles. The average molecular weight is 278 g/mol. The summed E-state index contributed by atoms with van der Waals surface area (Å²) in [5.74, 6) is 0. The molecule has 3 nitrogen and oxygen atoms in total. The van der Waals surface area contributed by atoms with E-state index in [1.807, 2.05) is 24.3 Å². The molecule has 1 aliphatic carbocycles. The maximum atomic E-state index is 10.3. The Hall–Kier alpha value is -1.94. The van der Waals surface area contributed by atoms with Crippen molar-refractivity contribution in [2.75, 3.05) is 0 Å². The van der Waals surface area contributed by atoms with Gasteiger partial charge in [0.2, 0.25) is 0 Å². The lowest BCUT2D eigenvalue weighted by molar-refractivity contribution is 0.000109. The second kappa shape index (κ2) is 3.83. The first-order valence-electron chi connectivity index (χ1n) is 7.21. The zero-order valence-electron chi connectivity index (χ0n) is 11.2. The van der Waals surface area contributed by atoms with Crippen molar-refractivity contribution in [3.05, 3.63) is 59.7 Å². The summed E-state index contributed by atoms with van der Waals surface area (Å²) in [7, 11) is 0. The number of ether oxygens (including phenoxy) is 1. The predicted molar refractivity (Wildman–Crippen MR) is 80.0 cm³/mol. The predicted octanol–water partition coefficient (Wildman–Crippen LogP) is 2.84. The minimum Gasteiger partial charge on any atom is -0.387 e. The zero-order chi connectivity index (χ0) is 14.1. The molecule has 0 radical (unpaired) electrons. The molecule has 0 bridgehead atoms. The Morgan fingerprint density at radius 2 is 1.62 bits per heavy atom. The van der Waals surface area contributed by atoms with Gasteiger partial charge in [-0.1, -0.05) is 48.5 Å². The van der Waals surface area contributed by atoms with E-state index in [1.54, 1.807) is 0 Å². The van der Waals surface area contributed by atoms with Gasteiger partial charge in [0.05, 0.1) is 0 Å². The van der Waals surface area contributed by atoms with Crippen molar-refractivity contribution in [1.82, 2.24) is 0 Å². The molecule has 104 valence electrons. The minimum atomic E-state index is -0.868. The molecule has 0 aromatic heterocycles. The monoisotopic (exact) mass is 278 g/mol. The van der Waals surface area contributed by atoms with Crippen molar-refractivity contribution >= 4 is 21.5 Å². The third-order valence-corrected chi connectivity index (χ3v) is 4.77. The van der Waals surface area contributed by atoms with Crippen LogP contribution in [0.15, 0.2) is 48.5 Å². The molecule has 3 aromatic rings. The maximum absolute atomic E-state index is 10.3. The van der Waals surface area contributed by atoms with E-state index in [9.17, 15) is 10.2 Å². The fraction of sp³-hybridized carbons (Fsp3) is 0.222. The van der Waals surface area contributed by atoms with Crippen molar-refractivity contribution in [1.29, 1.82) is 0 Å². The van der Waals surface area contributed by atoms with Gasteiger partial charge in [0.1, 0.15) is 24.4 Å². The number of hydrogen-bond donors (Lipinski definition) is 2. The molecule has 2 aliphatic rings. The second-order valence-electron chi connectivity index (χ2n) is 5.91. The lowest BCUT2D eigenvalue weighted by Gasteiger charge is -2.25. The molecule has 1 saturated heterocycles. The molecule has 3 heteroatoms. The van der Waals surface area contributed by atoms with Gasteiger partial charge in [0.25, 0.3) is 0 Å². The molecule has 2 unspecified atom stereocenters. The van der Waals surface area contributed by atoms with Crippen LogP contribution in [-0.2, 0) is 4.74 Å². The summed E-state index contributed by atoms with van der Waals surface area (Å²) in [6.45, 7) is 0. The zero-order valence-corrected chi connectivity index (χ0v) is 11.2. The Kier molecular flexibility index (Phi) is 2.13. The van der Waals surface area contributed by atoms with E-state index in [0.717, 1.165) is 21.9 Å². The Morgan fingerprint density at radius 3 is 2.52 bits per heavy atom. The topological polar surface area (TPSA) is 53.0 Å². The van der Waals surface area contributed by atoms with Crippen LogP contribution in [0, 0.1) is 0 Å². The number of aliphatic hydroxyl groups is 2. The number of rotatable bonds is 0. The molecule has 0 amide bonds. The molecule has 2 N–H and O–H groups in total. The Labute approximate surface area is 121 Å². The smallest absolute Gasteiger partial charge is 0.118 e. The normalized spacial score (nSPS) is 30.2. The maximum Gasteiger partial charge on any atom is 0.118 e. The molecular weight excluding hydrogens is 264 g/mol. The van der Waals surface area contributed by atoms with Crippen LogP contribution >= 0.6 is 0 Å². The van der Waals surface area contributed by atoms with Gasteiger partial charge in [-0.2, -0.15) is 0 Å². The van der Waals surface area contributed by atoms with E-state index >= 15 is 0 Å². The first-order valence-corrected chi connectivity index (χ1v) is 7.21. The Balaban J connectivity index is 1.95. The minimum absolute atomic E-state index is 0.0899. The average Bonchev–Trinajstić information content (AvgIpc) is 3.32. The third-order valence-electron chi connectivity index (χ3n) is 4.77. The fourth-order valence-electron chi connectivity index (χ4n) is 3.69. The van der Waals surface area contributed by atoms with Gasteiger partial charge in [-0.25, -0.2) is 0 Å². The van der Waals surface area contributed by atoms with Crippen LogP contribution in [-0.4, -0.2) is 22.4 Å². The molecule has 1 fully saturated rings. The number of epoxide rings is 1. The molecule has 1 aliphatic heterocycles. The van der Waals surface area contributed by atoms with E-state index in [0.29, 0.717) is 0 Å². The van der Waals surface area contributed by atoms with Crippen LogP contribution in [0.5, 0.6) is 0 Å². The van der Waals surface area contributed by atoms with Crippen LogP contribution < -0.4 is 0 Å². The number of aliphatic hydroxyl groups excluding tert-OH is 2. The lowest BCUT2D eigenvalue weighted by Crippen LogP contribution is -2.29. The highest BCUT2D eigenvalue weighted by atomic mass is 16.6. The van der Waals surface area contributed by atoms with Gasteiger partial charge in [-0.15, -0.1) is 0 Å². The Bertz CT molecular complexity index is 886. The third kappa shape index (κ3) is 1.43. The van der Waals surface area contributed by atoms with Gasteiger partial charge in [0.15, 0.2) is 0 Å². The molecule has 5 rings (SSSR count). The van der Waals surface area contributed by atoms with E-state index in [2.05, 4.69) is 24.3 Å². The first kappa shape index (κ1) is 11.7. The lowest BCUT2D eigenvalue weighted by atomic mass is 9.83. The number of fused-ring (bicyclic) bond motifs is 7. The summed E-state index contributed by atoms with van der Waals surface area (Å²) in [6.07, 6.45) is -2.05. The number of benzene rings is 3. The van der Waals surface area contributed by atoms with E-state index in [-0.39, 0.29) is 12.2 Å². The van der Waals surface area contributed by atoms with Gasteiger partial charge in [-0.05, 0) is 32.7 Å². The van der Waals surface area contributed by atoms with Gasteiger partial charge < -0.3 is 14.9 Å². The first-order chi connectivity index (χ1) is 10.3. The van der Waals surface area contributed by atoms with Crippen molar-refractivity contribution in [3.8, 4) is 0 Å². The van der Waals surface area contributed by atoms with Crippen molar-refractivity contribution < 1.29 is 14.9 Å². The van der Waals surface area contributed by atoms with Gasteiger partial charge in [-0.3, -0.25) is 0 Å². The molecule has 3 aromatic carbocycles. The van der Waals surface area contributed by atoms with Crippen molar-refractivity contribution in [3.63, 3.8) is 0 Å². The molecule has 0 spiro atoms. The Morgan fingerprint density at radius 1 is 0.857 bits per heavy atom. The molecular formula is C18H14O3. The molecule has 0 saturated carbocycles. The number of hydrogen-bond acceptors (Lipinski definition) is 3. The van der Waals surface area contributed by atoms with Crippen LogP contribution in [0.2, 0.25) is 0 Å². The summed E-state index contributed by atoms with van der Waals surface area (Å²) in [5, 5.41) is 25.0. The summed E-state index contributed by atoms with van der Waals surface area (Å²) in [6, 6.07) is 16.4. The highest BCUT2D eigenvalue weighted by Crippen LogP contribution is 2.53. The van der Waals surface area contributed by atoms with Gasteiger partial charge >= 0.3 is 0 Å². The van der Waals surface area contributed by atoms with Crippen LogP contribution in [0.1, 0.15) is 23.3 Å². The molecule has 21 heavy (non-hydrogen) atoms. The van der Waals surface area contributed by atoms with Crippen LogP contribution in [0.25, 0.3) is 21.5 Å². The van der Waals surface area contributed by atoms with Gasteiger partial charge in [0, 0.05) is 0 Å². The van der Waals surface area contributed by atoms with Crippen LogP contribution in [0.3, 0.4) is 0 Å².